The van der Waals surface area contributed by atoms with Gasteiger partial charge in [0.1, 0.15) is 22.8 Å². The van der Waals surface area contributed by atoms with Gasteiger partial charge in [-0.2, -0.15) is 4.98 Å². The maximum Gasteiger partial charge on any atom is 0.278 e. The fraction of sp³-hybridized carbons (Fsp3) is 0.435. The molecule has 0 saturated carbocycles. The summed E-state index contributed by atoms with van der Waals surface area (Å²) in [5, 5.41) is 20.5. The summed E-state index contributed by atoms with van der Waals surface area (Å²) in [5.41, 5.74) is 3.91. The molecule has 0 spiro atoms. The third-order valence-electron chi connectivity index (χ3n) is 13.1. The molecule has 3 aromatic heterocycles. The number of nitrogens with zero attached hydrogens (tertiary/aromatic N) is 8. The second-order valence-electron chi connectivity index (χ2n) is 17.0. The number of piperidine rings is 2. The standard InChI is InChI=1S/C46H54FN11O4/c1-3-20-57-44(61)35-28-48-45(53-42(35)58(57)39-15-7-31-6-5-19-46(62,4-2)41(31)51-39)50-32-8-11-34(12-9-32)55-25-23-54(24-26-55)29-30-17-21-56(22-18-30)38-14-10-33(27-36(38)47)49-37-13-16-40(59)52-43(37)60/h3,7-12,14-15,27-28,30,37,49,62H,1,4-6,13,16-26,29H2,2H3,(H,48,50,53)(H,52,59,60)/t37?,46-/m0/s1. The number of pyridine rings is 1. The molecule has 2 atom stereocenters. The number of imide groups is 1. The van der Waals surface area contributed by atoms with Crippen molar-refractivity contribution in [2.75, 3.05) is 66.2 Å². The van der Waals surface area contributed by atoms with Crippen LogP contribution in [0.3, 0.4) is 0 Å². The summed E-state index contributed by atoms with van der Waals surface area (Å²) in [5.74, 6) is 0.430. The highest BCUT2D eigenvalue weighted by atomic mass is 19.1. The number of hydrogen-bond donors (Lipinski definition) is 4. The van der Waals surface area contributed by atoms with E-state index in [1.807, 2.05) is 31.2 Å². The van der Waals surface area contributed by atoms with E-state index in [1.54, 1.807) is 33.8 Å². The first kappa shape index (κ1) is 41.2. The molecule has 1 unspecified atom stereocenters. The largest absolute Gasteiger partial charge is 0.384 e. The van der Waals surface area contributed by atoms with Crippen LogP contribution in [0.25, 0.3) is 16.9 Å². The minimum Gasteiger partial charge on any atom is -0.384 e. The SMILES string of the molecule is C=CCn1c(=O)c2cnc(Nc3ccc(N4CCN(CC5CCN(c6ccc(NC7CCC(=O)NC7=O)cc6F)CC5)CC4)cc3)nc2n1-c1ccc2c(n1)[C@](O)(CC)CCC2. The zero-order chi connectivity index (χ0) is 43.0. The van der Waals surface area contributed by atoms with E-state index in [9.17, 15) is 19.5 Å². The Hall–Kier alpha value is -6.13. The number of amides is 2. The number of anilines is 5. The molecule has 4 aliphatic rings. The van der Waals surface area contributed by atoms with Crippen LogP contribution in [0.15, 0.2) is 78.2 Å². The van der Waals surface area contributed by atoms with Gasteiger partial charge in [-0.3, -0.25) is 24.6 Å². The lowest BCUT2D eigenvalue weighted by molar-refractivity contribution is -0.133. The van der Waals surface area contributed by atoms with Gasteiger partial charge in [0, 0.05) is 75.5 Å². The van der Waals surface area contributed by atoms with Crippen molar-refractivity contribution in [3.63, 3.8) is 0 Å². The average Bonchev–Trinajstić information content (AvgIpc) is 3.55. The zero-order valence-corrected chi connectivity index (χ0v) is 35.2. The van der Waals surface area contributed by atoms with Gasteiger partial charge in [0.15, 0.2) is 11.5 Å². The molecular weight excluding hydrogens is 790 g/mol. The third kappa shape index (κ3) is 8.28. The van der Waals surface area contributed by atoms with Crippen LogP contribution < -0.4 is 31.3 Å². The van der Waals surface area contributed by atoms with E-state index < -0.39 is 11.6 Å². The van der Waals surface area contributed by atoms with E-state index in [1.165, 1.54) is 6.07 Å². The van der Waals surface area contributed by atoms with Crippen LogP contribution in [0.4, 0.5) is 33.1 Å². The number of hydrogen-bond acceptors (Lipinski definition) is 12. The van der Waals surface area contributed by atoms with Gasteiger partial charge < -0.3 is 25.5 Å². The van der Waals surface area contributed by atoms with E-state index in [2.05, 4.69) is 54.3 Å². The maximum absolute atomic E-state index is 15.3. The Kier molecular flexibility index (Phi) is 11.5. The predicted molar refractivity (Wildman–Crippen MR) is 238 cm³/mol. The lowest BCUT2D eigenvalue weighted by Crippen LogP contribution is -2.49. The molecule has 2 amide bonds. The van der Waals surface area contributed by atoms with E-state index in [0.29, 0.717) is 65.0 Å². The molecule has 2 aromatic carbocycles. The molecule has 9 rings (SSSR count). The second kappa shape index (κ2) is 17.3. The first-order chi connectivity index (χ1) is 30.1. The molecule has 0 radical (unpaired) electrons. The van der Waals surface area contributed by atoms with Gasteiger partial charge in [0.25, 0.3) is 5.56 Å². The number of aromatic nitrogens is 5. The topological polar surface area (TPSA) is 166 Å². The number of nitrogens with one attached hydrogen (secondary N) is 3. The summed E-state index contributed by atoms with van der Waals surface area (Å²) in [6.07, 6.45) is 8.80. The highest BCUT2D eigenvalue weighted by Gasteiger charge is 2.35. The van der Waals surface area contributed by atoms with Crippen molar-refractivity contribution in [1.82, 2.24) is 34.5 Å². The number of allylic oxidation sites excluding steroid dienone is 1. The summed E-state index contributed by atoms with van der Waals surface area (Å²) in [6, 6.07) is 16.6. The monoisotopic (exact) mass is 843 g/mol. The molecule has 3 fully saturated rings. The zero-order valence-electron chi connectivity index (χ0n) is 35.2. The Morgan fingerprint density at radius 1 is 0.935 bits per heavy atom. The van der Waals surface area contributed by atoms with Gasteiger partial charge in [-0.25, -0.2) is 23.7 Å². The molecule has 1 aliphatic carbocycles. The molecular formula is C46H54FN11O4. The average molecular weight is 844 g/mol. The van der Waals surface area contributed by atoms with Crippen molar-refractivity contribution in [3.05, 3.63) is 101 Å². The Balaban J connectivity index is 0.790. The fourth-order valence-electron chi connectivity index (χ4n) is 9.52. The van der Waals surface area contributed by atoms with Gasteiger partial charge >= 0.3 is 0 Å². The normalized spacial score (nSPS) is 21.2. The molecule has 16 heteroatoms. The summed E-state index contributed by atoms with van der Waals surface area (Å²) in [4.78, 5) is 58.5. The van der Waals surface area contributed by atoms with Gasteiger partial charge in [-0.1, -0.05) is 19.1 Å². The van der Waals surface area contributed by atoms with Gasteiger partial charge in [0.2, 0.25) is 17.8 Å². The maximum atomic E-state index is 15.3. The second-order valence-corrected chi connectivity index (χ2v) is 17.0. The Labute approximate surface area is 359 Å². The molecule has 5 aromatic rings. The number of fused-ring (bicyclic) bond motifs is 2. The molecule has 3 saturated heterocycles. The summed E-state index contributed by atoms with van der Waals surface area (Å²) in [7, 11) is 0. The third-order valence-corrected chi connectivity index (χ3v) is 13.1. The van der Waals surface area contributed by atoms with Gasteiger partial charge in [-0.15, -0.1) is 6.58 Å². The van der Waals surface area contributed by atoms with Gasteiger partial charge in [-0.05, 0) is 105 Å². The minimum atomic E-state index is -1.01. The van der Waals surface area contributed by atoms with E-state index in [4.69, 9.17) is 9.97 Å². The van der Waals surface area contributed by atoms with E-state index in [-0.39, 0.29) is 36.2 Å². The van der Waals surface area contributed by atoms with Crippen LogP contribution in [0.5, 0.6) is 0 Å². The lowest BCUT2D eigenvalue weighted by Gasteiger charge is -2.40. The number of halogens is 1. The number of piperazine rings is 1. The van der Waals surface area contributed by atoms with Crippen molar-refractivity contribution in [2.45, 2.75) is 76.5 Å². The minimum absolute atomic E-state index is 0.245. The van der Waals surface area contributed by atoms with Crippen molar-refractivity contribution in [2.24, 2.45) is 5.92 Å². The summed E-state index contributed by atoms with van der Waals surface area (Å²) >= 11 is 0. The van der Waals surface area contributed by atoms with Crippen molar-refractivity contribution in [1.29, 1.82) is 0 Å². The highest BCUT2D eigenvalue weighted by Crippen LogP contribution is 2.37. The van der Waals surface area contributed by atoms with Crippen LogP contribution in [-0.4, -0.2) is 98.0 Å². The molecule has 324 valence electrons. The lowest BCUT2D eigenvalue weighted by atomic mass is 9.81. The van der Waals surface area contributed by atoms with Crippen LogP contribution in [0.1, 0.15) is 63.1 Å². The van der Waals surface area contributed by atoms with Crippen LogP contribution >= 0.6 is 0 Å². The Morgan fingerprint density at radius 3 is 2.44 bits per heavy atom. The van der Waals surface area contributed by atoms with E-state index >= 15 is 4.39 Å². The molecule has 62 heavy (non-hydrogen) atoms. The Morgan fingerprint density at radius 2 is 1.71 bits per heavy atom. The molecule has 0 bridgehead atoms. The van der Waals surface area contributed by atoms with Crippen LogP contribution in [0, 0.1) is 11.7 Å². The number of carbonyl (C=O) groups excluding carboxylic acids is 2. The van der Waals surface area contributed by atoms with Crippen LogP contribution in [-0.2, 0) is 28.2 Å². The van der Waals surface area contributed by atoms with E-state index in [0.717, 1.165) is 88.4 Å². The highest BCUT2D eigenvalue weighted by molar-refractivity contribution is 6.01. The van der Waals surface area contributed by atoms with Crippen molar-refractivity contribution in [3.8, 4) is 5.82 Å². The summed E-state index contributed by atoms with van der Waals surface area (Å²) in [6.45, 7) is 12.5. The summed E-state index contributed by atoms with van der Waals surface area (Å²) < 4.78 is 18.5. The number of rotatable bonds is 12. The first-order valence-electron chi connectivity index (χ1n) is 21.9. The quantitative estimate of drug-likeness (QED) is 0.0956. The van der Waals surface area contributed by atoms with Crippen molar-refractivity contribution >= 4 is 51.5 Å². The molecule has 3 aliphatic heterocycles. The van der Waals surface area contributed by atoms with Gasteiger partial charge in [0.05, 0.1) is 17.9 Å². The fourth-order valence-corrected chi connectivity index (χ4v) is 9.52. The molecule has 6 heterocycles. The number of carbonyl (C=O) groups is 2. The number of aliphatic hydroxyl groups is 1. The van der Waals surface area contributed by atoms with Crippen LogP contribution in [0.2, 0.25) is 0 Å². The Bertz CT molecular complexity index is 2540. The first-order valence-corrected chi connectivity index (χ1v) is 21.9. The molecule has 15 nitrogen and oxygen atoms in total. The number of aryl methyl sites for hydroxylation is 1. The van der Waals surface area contributed by atoms with Crippen molar-refractivity contribution < 1.29 is 19.1 Å². The molecule has 4 N–H and O–H groups in total. The predicted octanol–water partition coefficient (Wildman–Crippen LogP) is 5.24. The smallest absolute Gasteiger partial charge is 0.278 e. The number of benzene rings is 2.